The van der Waals surface area contributed by atoms with Gasteiger partial charge in [0.1, 0.15) is 11.4 Å². The van der Waals surface area contributed by atoms with Gasteiger partial charge < -0.3 is 24.6 Å². The third kappa shape index (κ3) is 5.48. The number of aliphatic imine (C=N–C) groups is 1. The van der Waals surface area contributed by atoms with Crippen LogP contribution in [-0.4, -0.2) is 47.2 Å². The van der Waals surface area contributed by atoms with Crippen molar-refractivity contribution < 1.29 is 28.9 Å². The molecular formula is C27H32N2O6. The Labute approximate surface area is 205 Å². The molecule has 0 spiro atoms. The molecule has 0 aliphatic carbocycles. The monoisotopic (exact) mass is 480 g/mol. The summed E-state index contributed by atoms with van der Waals surface area (Å²) in [7, 11) is 0. The van der Waals surface area contributed by atoms with Gasteiger partial charge in [0.15, 0.2) is 11.6 Å². The predicted octanol–water partition coefficient (Wildman–Crippen LogP) is 3.46. The number of rotatable bonds is 8. The van der Waals surface area contributed by atoms with Gasteiger partial charge in [0.25, 0.3) is 5.91 Å². The van der Waals surface area contributed by atoms with Gasteiger partial charge in [-0.1, -0.05) is 24.3 Å². The van der Waals surface area contributed by atoms with Crippen LogP contribution >= 0.6 is 0 Å². The Balaban J connectivity index is 1.65. The number of carbonyl (C=O) groups is 2. The van der Waals surface area contributed by atoms with Crippen LogP contribution in [0.3, 0.4) is 0 Å². The van der Waals surface area contributed by atoms with Crippen molar-refractivity contribution in [3.63, 3.8) is 0 Å². The van der Waals surface area contributed by atoms with Crippen LogP contribution < -0.4 is 10.1 Å². The first-order valence-electron chi connectivity index (χ1n) is 11.9. The lowest BCUT2D eigenvalue weighted by atomic mass is 9.83. The van der Waals surface area contributed by atoms with Gasteiger partial charge in [-0.25, -0.2) is 4.99 Å². The first-order chi connectivity index (χ1) is 16.7. The zero-order chi connectivity index (χ0) is 25.1. The summed E-state index contributed by atoms with van der Waals surface area (Å²) in [4.78, 5) is 30.8. The average molecular weight is 481 g/mol. The molecule has 0 radical (unpaired) electrons. The van der Waals surface area contributed by atoms with E-state index in [4.69, 9.17) is 24.3 Å². The molecule has 0 fully saturated rings. The zero-order valence-corrected chi connectivity index (χ0v) is 20.4. The lowest BCUT2D eigenvalue weighted by molar-refractivity contribution is -0.155. The number of aliphatic hydroxyl groups is 1. The number of hydrogen-bond donors (Lipinski definition) is 2. The Hall–Kier alpha value is -3.39. The molecule has 0 aromatic heterocycles. The van der Waals surface area contributed by atoms with Crippen molar-refractivity contribution in [2.45, 2.75) is 63.8 Å². The second-order valence-electron chi connectivity index (χ2n) is 9.76. The van der Waals surface area contributed by atoms with Gasteiger partial charge in [-0.2, -0.15) is 0 Å². The Kier molecular flexibility index (Phi) is 7.12. The van der Waals surface area contributed by atoms with Crippen LogP contribution in [0.1, 0.15) is 62.8 Å². The second kappa shape index (κ2) is 10.1. The van der Waals surface area contributed by atoms with Gasteiger partial charge in [0.05, 0.1) is 6.61 Å². The number of ether oxygens (including phenoxy) is 3. The van der Waals surface area contributed by atoms with E-state index in [1.807, 2.05) is 57.2 Å². The van der Waals surface area contributed by atoms with Crippen molar-refractivity contribution in [1.82, 2.24) is 5.32 Å². The highest BCUT2D eigenvalue weighted by Gasteiger charge is 2.54. The van der Waals surface area contributed by atoms with Crippen molar-refractivity contribution in [3.8, 4) is 5.75 Å². The molecule has 0 unspecified atom stereocenters. The third-order valence-corrected chi connectivity index (χ3v) is 5.94. The molecule has 2 N–H and O–H groups in total. The molecule has 2 aromatic carbocycles. The summed E-state index contributed by atoms with van der Waals surface area (Å²) in [6, 6.07) is 15.0. The van der Waals surface area contributed by atoms with Gasteiger partial charge in [-0.05, 0) is 57.0 Å². The highest BCUT2D eigenvalue weighted by molar-refractivity contribution is 6.01. The molecule has 2 aliphatic heterocycles. The minimum atomic E-state index is -1.30. The van der Waals surface area contributed by atoms with Crippen LogP contribution in [0.2, 0.25) is 0 Å². The zero-order valence-electron chi connectivity index (χ0n) is 20.4. The van der Waals surface area contributed by atoms with Gasteiger partial charge in [0, 0.05) is 37.1 Å². The van der Waals surface area contributed by atoms with Crippen molar-refractivity contribution >= 4 is 17.8 Å². The molecular weight excluding hydrogens is 448 g/mol. The molecule has 0 saturated carbocycles. The maximum absolute atomic E-state index is 13.5. The minimum absolute atomic E-state index is 0.0289. The second-order valence-corrected chi connectivity index (χ2v) is 9.76. The standard InChI is InChI=1S/C27H32N2O6/c1-26(2,3)35-22(31)13-14-27-23(21-8-5-4-7-19(21)17-28-25(27)32)34-24(29-27)18-9-11-20(12-10-18)33-16-6-15-30/h4-5,7-12,23,30H,6,13-17H2,1-3H3,(H,28,32)/t23-,27-/m0/s1. The van der Waals surface area contributed by atoms with E-state index in [0.717, 1.165) is 11.1 Å². The molecule has 4 rings (SSSR count). The first kappa shape index (κ1) is 24.7. The minimum Gasteiger partial charge on any atom is -0.494 e. The Morgan fingerprint density at radius 3 is 2.66 bits per heavy atom. The largest absolute Gasteiger partial charge is 0.494 e. The number of hydrogen-bond acceptors (Lipinski definition) is 7. The molecule has 2 aromatic rings. The molecule has 2 aliphatic rings. The number of benzene rings is 2. The van der Waals surface area contributed by atoms with E-state index in [9.17, 15) is 9.59 Å². The van der Waals surface area contributed by atoms with Crippen LogP contribution in [-0.2, 0) is 25.6 Å². The van der Waals surface area contributed by atoms with Crippen LogP contribution in [0, 0.1) is 0 Å². The molecule has 1 amide bonds. The van der Waals surface area contributed by atoms with Crippen molar-refractivity contribution in [3.05, 3.63) is 65.2 Å². The van der Waals surface area contributed by atoms with Crippen LogP contribution in [0.5, 0.6) is 5.75 Å². The average Bonchev–Trinajstić information content (AvgIpc) is 3.17. The molecule has 186 valence electrons. The normalized spacial score (nSPS) is 21.1. The molecule has 0 saturated heterocycles. The Morgan fingerprint density at radius 2 is 1.94 bits per heavy atom. The fourth-order valence-corrected chi connectivity index (χ4v) is 4.31. The molecule has 2 atom stereocenters. The summed E-state index contributed by atoms with van der Waals surface area (Å²) in [6.45, 7) is 6.29. The maximum atomic E-state index is 13.5. The van der Waals surface area contributed by atoms with E-state index < -0.39 is 17.2 Å². The lowest BCUT2D eigenvalue weighted by Gasteiger charge is -2.29. The quantitative estimate of drug-likeness (QED) is 0.443. The summed E-state index contributed by atoms with van der Waals surface area (Å²) in [6.07, 6.45) is 0.0624. The van der Waals surface area contributed by atoms with Crippen LogP contribution in [0.15, 0.2) is 53.5 Å². The third-order valence-electron chi connectivity index (χ3n) is 5.94. The first-order valence-corrected chi connectivity index (χ1v) is 11.9. The molecule has 35 heavy (non-hydrogen) atoms. The summed E-state index contributed by atoms with van der Waals surface area (Å²) in [5, 5.41) is 11.9. The number of carbonyl (C=O) groups excluding carboxylic acids is 2. The Bertz CT molecular complexity index is 1110. The number of amides is 1. The number of fused-ring (bicyclic) bond motifs is 3. The fourth-order valence-electron chi connectivity index (χ4n) is 4.31. The van der Waals surface area contributed by atoms with E-state index in [1.165, 1.54) is 0 Å². The number of aliphatic hydroxyl groups excluding tert-OH is 1. The maximum Gasteiger partial charge on any atom is 0.306 e. The van der Waals surface area contributed by atoms with E-state index >= 15 is 0 Å². The van der Waals surface area contributed by atoms with Crippen molar-refractivity contribution in [1.29, 1.82) is 0 Å². The number of nitrogens with zero attached hydrogens (tertiary/aromatic N) is 1. The summed E-state index contributed by atoms with van der Waals surface area (Å²) in [5.74, 6) is 0.343. The number of nitrogens with one attached hydrogen (secondary N) is 1. The summed E-state index contributed by atoms with van der Waals surface area (Å²) >= 11 is 0. The lowest BCUT2D eigenvalue weighted by Crippen LogP contribution is -2.46. The van der Waals surface area contributed by atoms with Gasteiger partial charge in [-0.3, -0.25) is 9.59 Å². The number of esters is 1. The van der Waals surface area contributed by atoms with E-state index in [2.05, 4.69) is 5.32 Å². The van der Waals surface area contributed by atoms with E-state index in [1.54, 1.807) is 12.1 Å². The van der Waals surface area contributed by atoms with Crippen LogP contribution in [0.25, 0.3) is 0 Å². The summed E-state index contributed by atoms with van der Waals surface area (Å²) in [5.41, 5.74) is 0.616. The van der Waals surface area contributed by atoms with Crippen molar-refractivity contribution in [2.24, 2.45) is 4.99 Å². The van der Waals surface area contributed by atoms with E-state index in [-0.39, 0.29) is 31.3 Å². The van der Waals surface area contributed by atoms with Gasteiger partial charge in [0.2, 0.25) is 5.90 Å². The fraction of sp³-hybridized carbons (Fsp3) is 0.444. The molecule has 0 bridgehead atoms. The SMILES string of the molecule is CC(C)(C)OC(=O)CC[C@]12N=C(c3ccc(OCCCO)cc3)O[C@H]1c1ccccc1CNC2=O. The van der Waals surface area contributed by atoms with E-state index in [0.29, 0.717) is 36.8 Å². The highest BCUT2D eigenvalue weighted by atomic mass is 16.6. The molecule has 8 nitrogen and oxygen atoms in total. The van der Waals surface area contributed by atoms with Gasteiger partial charge in [-0.15, -0.1) is 0 Å². The van der Waals surface area contributed by atoms with Crippen molar-refractivity contribution in [2.75, 3.05) is 13.2 Å². The smallest absolute Gasteiger partial charge is 0.306 e. The van der Waals surface area contributed by atoms with Crippen LogP contribution in [0.4, 0.5) is 0 Å². The topological polar surface area (TPSA) is 106 Å². The molecule has 8 heteroatoms. The summed E-state index contributed by atoms with van der Waals surface area (Å²) < 4.78 is 17.5. The molecule has 2 heterocycles. The predicted molar refractivity (Wildman–Crippen MR) is 130 cm³/mol. The Morgan fingerprint density at radius 1 is 1.20 bits per heavy atom. The van der Waals surface area contributed by atoms with Gasteiger partial charge >= 0.3 is 5.97 Å². The highest BCUT2D eigenvalue weighted by Crippen LogP contribution is 2.45.